The number of amides is 3. The van der Waals surface area contributed by atoms with Crippen molar-refractivity contribution in [2.45, 2.75) is 64.1 Å². The third-order valence-electron chi connectivity index (χ3n) is 5.36. The number of carbonyl (C=O) groups excluding carboxylic acids is 2. The minimum Gasteiger partial charge on any atom is -0.335 e. The largest absolute Gasteiger partial charge is 0.335 e. The number of hydrogen-bond donors (Lipinski definition) is 3. The number of carbonyl (C=O) groups is 2. The van der Waals surface area contributed by atoms with Gasteiger partial charge in [-0.05, 0) is 43.0 Å². The first kappa shape index (κ1) is 19.4. The van der Waals surface area contributed by atoms with Gasteiger partial charge < -0.3 is 5.32 Å². The Morgan fingerprint density at radius 1 is 0.963 bits per heavy atom. The molecule has 2 aromatic rings. The normalized spacial score (nSPS) is 17.3. The standard InChI is InChI=1S/C22H29N3O2/c1-15(19-14-8-10-17-9-6-7-13-20(17)19)23-16(2)21(26)25-22(27)24-18-11-4-3-5-12-18/h6-10,13-16,18,23H,3-5,11-12H2,1-2H3,(H2,24,25,26,27)/t15-,16+/m0/s1. The highest BCUT2D eigenvalue weighted by molar-refractivity contribution is 5.97. The highest BCUT2D eigenvalue weighted by Crippen LogP contribution is 2.24. The van der Waals surface area contributed by atoms with Crippen LogP contribution in [0, 0.1) is 0 Å². The van der Waals surface area contributed by atoms with E-state index in [4.69, 9.17) is 0 Å². The van der Waals surface area contributed by atoms with E-state index in [2.05, 4.69) is 40.2 Å². The number of rotatable bonds is 5. The molecule has 0 unspecified atom stereocenters. The van der Waals surface area contributed by atoms with Crippen molar-refractivity contribution in [1.29, 1.82) is 0 Å². The van der Waals surface area contributed by atoms with Crippen LogP contribution in [0.1, 0.15) is 57.6 Å². The summed E-state index contributed by atoms with van der Waals surface area (Å²) >= 11 is 0. The third-order valence-corrected chi connectivity index (χ3v) is 5.36. The van der Waals surface area contributed by atoms with E-state index in [9.17, 15) is 9.59 Å². The van der Waals surface area contributed by atoms with Gasteiger partial charge in [-0.25, -0.2) is 4.79 Å². The lowest BCUT2D eigenvalue weighted by atomic mass is 9.96. The van der Waals surface area contributed by atoms with Crippen molar-refractivity contribution in [3.8, 4) is 0 Å². The molecule has 27 heavy (non-hydrogen) atoms. The summed E-state index contributed by atoms with van der Waals surface area (Å²) in [6.07, 6.45) is 5.49. The van der Waals surface area contributed by atoms with Crippen molar-refractivity contribution in [3.63, 3.8) is 0 Å². The second-order valence-electron chi connectivity index (χ2n) is 7.48. The first-order valence-electron chi connectivity index (χ1n) is 9.89. The average Bonchev–Trinajstić information content (AvgIpc) is 2.68. The van der Waals surface area contributed by atoms with E-state index in [1.807, 2.05) is 25.1 Å². The summed E-state index contributed by atoms with van der Waals surface area (Å²) in [6, 6.07) is 13.7. The molecule has 1 fully saturated rings. The highest BCUT2D eigenvalue weighted by atomic mass is 16.2. The average molecular weight is 367 g/mol. The molecule has 3 N–H and O–H groups in total. The molecule has 2 aromatic carbocycles. The van der Waals surface area contributed by atoms with Crippen LogP contribution < -0.4 is 16.0 Å². The summed E-state index contributed by atoms with van der Waals surface area (Å²) in [5.41, 5.74) is 1.14. The fraction of sp³-hybridized carbons (Fsp3) is 0.455. The molecule has 1 aliphatic carbocycles. The van der Waals surface area contributed by atoms with Crippen LogP contribution in [0.4, 0.5) is 4.79 Å². The van der Waals surface area contributed by atoms with Crippen LogP contribution in [0.2, 0.25) is 0 Å². The molecular weight excluding hydrogens is 338 g/mol. The number of fused-ring (bicyclic) bond motifs is 1. The monoisotopic (exact) mass is 367 g/mol. The van der Waals surface area contributed by atoms with Crippen molar-refractivity contribution in [3.05, 3.63) is 48.0 Å². The molecule has 1 saturated carbocycles. The summed E-state index contributed by atoms with van der Waals surface area (Å²) in [6.45, 7) is 3.82. The number of imide groups is 1. The molecule has 1 aliphatic rings. The maximum Gasteiger partial charge on any atom is 0.321 e. The van der Waals surface area contributed by atoms with Crippen molar-refractivity contribution in [2.75, 3.05) is 0 Å². The van der Waals surface area contributed by atoms with Crippen molar-refractivity contribution < 1.29 is 9.59 Å². The van der Waals surface area contributed by atoms with E-state index in [0.717, 1.165) is 31.2 Å². The first-order valence-corrected chi connectivity index (χ1v) is 9.89. The second kappa shape index (κ2) is 9.00. The molecule has 144 valence electrons. The summed E-state index contributed by atoms with van der Waals surface area (Å²) < 4.78 is 0. The molecule has 0 heterocycles. The Labute approximate surface area is 160 Å². The van der Waals surface area contributed by atoms with E-state index in [1.165, 1.54) is 17.2 Å². The molecule has 3 rings (SSSR count). The van der Waals surface area contributed by atoms with Gasteiger partial charge in [0.2, 0.25) is 5.91 Å². The molecule has 5 nitrogen and oxygen atoms in total. The highest BCUT2D eigenvalue weighted by Gasteiger charge is 2.21. The van der Waals surface area contributed by atoms with E-state index < -0.39 is 12.1 Å². The van der Waals surface area contributed by atoms with Crippen LogP contribution in [-0.2, 0) is 4.79 Å². The molecule has 0 radical (unpaired) electrons. The molecule has 5 heteroatoms. The predicted molar refractivity (Wildman–Crippen MR) is 109 cm³/mol. The van der Waals surface area contributed by atoms with Gasteiger partial charge in [-0.1, -0.05) is 61.7 Å². The molecule has 3 amide bonds. The van der Waals surface area contributed by atoms with Gasteiger partial charge in [-0.15, -0.1) is 0 Å². The van der Waals surface area contributed by atoms with Crippen molar-refractivity contribution in [2.24, 2.45) is 0 Å². The molecule has 0 bridgehead atoms. The van der Waals surface area contributed by atoms with Gasteiger partial charge in [-0.3, -0.25) is 15.4 Å². The van der Waals surface area contributed by atoms with Crippen molar-refractivity contribution in [1.82, 2.24) is 16.0 Å². The van der Waals surface area contributed by atoms with E-state index in [-0.39, 0.29) is 18.0 Å². The number of benzene rings is 2. The fourth-order valence-electron chi connectivity index (χ4n) is 3.86. The smallest absolute Gasteiger partial charge is 0.321 e. The van der Waals surface area contributed by atoms with Crippen LogP contribution in [-0.4, -0.2) is 24.0 Å². The Balaban J connectivity index is 1.56. The number of urea groups is 1. The maximum atomic E-state index is 12.4. The minimum atomic E-state index is -0.476. The lowest BCUT2D eigenvalue weighted by Gasteiger charge is -2.24. The first-order chi connectivity index (χ1) is 13.0. The van der Waals surface area contributed by atoms with Gasteiger partial charge in [0.05, 0.1) is 6.04 Å². The third kappa shape index (κ3) is 5.07. The van der Waals surface area contributed by atoms with E-state index in [0.29, 0.717) is 0 Å². The SMILES string of the molecule is C[C@H](N[C@H](C)C(=O)NC(=O)NC1CCCCC1)c1cccc2ccccc12. The Hall–Kier alpha value is -2.40. The molecule has 0 saturated heterocycles. The van der Waals surface area contributed by atoms with Crippen LogP contribution in [0.15, 0.2) is 42.5 Å². The molecule has 0 aliphatic heterocycles. The van der Waals surface area contributed by atoms with Crippen LogP contribution in [0.25, 0.3) is 10.8 Å². The predicted octanol–water partition coefficient (Wildman–Crippen LogP) is 4.04. The Morgan fingerprint density at radius 3 is 2.44 bits per heavy atom. The van der Waals surface area contributed by atoms with Gasteiger partial charge in [0.15, 0.2) is 0 Å². The molecule has 2 atom stereocenters. The number of hydrogen-bond acceptors (Lipinski definition) is 3. The zero-order chi connectivity index (χ0) is 19.2. The lowest BCUT2D eigenvalue weighted by Crippen LogP contribution is -2.50. The van der Waals surface area contributed by atoms with Gasteiger partial charge >= 0.3 is 6.03 Å². The lowest BCUT2D eigenvalue weighted by molar-refractivity contribution is -0.121. The number of nitrogens with one attached hydrogen (secondary N) is 3. The second-order valence-corrected chi connectivity index (χ2v) is 7.48. The summed E-state index contributed by atoms with van der Waals surface area (Å²) in [5, 5.41) is 11.0. The molecule has 0 aromatic heterocycles. The quantitative estimate of drug-likeness (QED) is 0.747. The summed E-state index contributed by atoms with van der Waals surface area (Å²) in [5.74, 6) is -0.310. The summed E-state index contributed by atoms with van der Waals surface area (Å²) in [4.78, 5) is 24.5. The van der Waals surface area contributed by atoms with E-state index in [1.54, 1.807) is 6.92 Å². The topological polar surface area (TPSA) is 70.2 Å². The Kier molecular flexibility index (Phi) is 6.45. The van der Waals surface area contributed by atoms with E-state index >= 15 is 0 Å². The van der Waals surface area contributed by atoms with Crippen molar-refractivity contribution >= 4 is 22.7 Å². The summed E-state index contributed by atoms with van der Waals surface area (Å²) in [7, 11) is 0. The van der Waals surface area contributed by atoms with Gasteiger partial charge in [0.1, 0.15) is 0 Å². The van der Waals surface area contributed by atoms with Gasteiger partial charge in [-0.2, -0.15) is 0 Å². The fourth-order valence-corrected chi connectivity index (χ4v) is 3.86. The molecular formula is C22H29N3O2. The Morgan fingerprint density at radius 2 is 1.67 bits per heavy atom. The zero-order valence-corrected chi connectivity index (χ0v) is 16.1. The Bertz CT molecular complexity index is 794. The molecule has 0 spiro atoms. The van der Waals surface area contributed by atoms with Gasteiger partial charge in [0, 0.05) is 12.1 Å². The zero-order valence-electron chi connectivity index (χ0n) is 16.1. The van der Waals surface area contributed by atoms with Gasteiger partial charge in [0.25, 0.3) is 0 Å². The van der Waals surface area contributed by atoms with Crippen LogP contribution in [0.5, 0.6) is 0 Å². The minimum absolute atomic E-state index is 0.0155. The maximum absolute atomic E-state index is 12.4. The van der Waals surface area contributed by atoms with Crippen LogP contribution >= 0.6 is 0 Å². The van der Waals surface area contributed by atoms with Crippen LogP contribution in [0.3, 0.4) is 0 Å².